The highest BCUT2D eigenvalue weighted by Gasteiger charge is 2.37. The van der Waals surface area contributed by atoms with Crippen LogP contribution in [0.5, 0.6) is 0 Å². The molecule has 0 saturated heterocycles. The molecular weight excluding hydrogens is 428 g/mol. The molecule has 0 amide bonds. The Morgan fingerprint density at radius 1 is 1.10 bits per heavy atom. The number of halogens is 5. The highest BCUT2D eigenvalue weighted by molar-refractivity contribution is 6.42. The first-order valence-electron chi connectivity index (χ1n) is 8.36. The van der Waals surface area contributed by atoms with Crippen molar-refractivity contribution in [1.82, 2.24) is 9.97 Å². The van der Waals surface area contributed by atoms with Gasteiger partial charge < -0.3 is 4.98 Å². The van der Waals surface area contributed by atoms with Crippen molar-refractivity contribution in [2.45, 2.75) is 18.5 Å². The molecule has 0 aliphatic rings. The SMILES string of the molecule is O=C(C[C@@H](c1ccc(Cl)c(Cl)c1)c1ncccc1C(F)(F)F)c1ccc(=O)[nH]c1. The molecule has 1 atom stereocenters. The van der Waals surface area contributed by atoms with Crippen molar-refractivity contribution in [2.24, 2.45) is 0 Å². The molecule has 150 valence electrons. The lowest BCUT2D eigenvalue weighted by atomic mass is 9.86. The van der Waals surface area contributed by atoms with E-state index >= 15 is 0 Å². The number of Topliss-reactive ketones (excluding diaryl/α,β-unsaturated/α-hetero) is 1. The van der Waals surface area contributed by atoms with Gasteiger partial charge in [-0.1, -0.05) is 29.3 Å². The Labute approximate surface area is 173 Å². The number of nitrogens with zero attached hydrogens (tertiary/aromatic N) is 1. The second-order valence-electron chi connectivity index (χ2n) is 6.23. The van der Waals surface area contributed by atoms with E-state index in [2.05, 4.69) is 9.97 Å². The first kappa shape index (κ1) is 21.1. The third-order valence-corrected chi connectivity index (χ3v) is 5.05. The van der Waals surface area contributed by atoms with Crippen LogP contribution in [0.1, 0.15) is 39.5 Å². The summed E-state index contributed by atoms with van der Waals surface area (Å²) < 4.78 is 40.7. The van der Waals surface area contributed by atoms with Crippen LogP contribution in [0.15, 0.2) is 59.7 Å². The number of hydrogen-bond donors (Lipinski definition) is 1. The standard InChI is InChI=1S/C20H13Cl2F3N2O2/c21-15-5-3-11(8-16(15)22)13(9-17(28)12-4-6-18(29)27-10-12)19-14(20(23,24)25)2-1-7-26-19/h1-8,10,13H,9H2,(H,27,29)/t13-/m0/s1. The van der Waals surface area contributed by atoms with E-state index in [9.17, 15) is 22.8 Å². The summed E-state index contributed by atoms with van der Waals surface area (Å²) in [5.41, 5.74) is -1.10. The number of nitrogens with one attached hydrogen (secondary N) is 1. The lowest BCUT2D eigenvalue weighted by Crippen LogP contribution is -2.18. The van der Waals surface area contributed by atoms with Crippen molar-refractivity contribution in [3.63, 3.8) is 0 Å². The number of carbonyl (C=O) groups is 1. The Hall–Kier alpha value is -2.64. The molecule has 2 aromatic heterocycles. The Bertz CT molecular complexity index is 1090. The predicted octanol–water partition coefficient (Wildman–Crippen LogP) is 5.50. The van der Waals surface area contributed by atoms with Gasteiger partial charge in [0.1, 0.15) is 0 Å². The maximum absolute atomic E-state index is 13.6. The van der Waals surface area contributed by atoms with E-state index in [4.69, 9.17) is 23.2 Å². The highest BCUT2D eigenvalue weighted by Crippen LogP contribution is 2.39. The van der Waals surface area contributed by atoms with Crippen molar-refractivity contribution in [1.29, 1.82) is 0 Å². The fraction of sp³-hybridized carbons (Fsp3) is 0.150. The number of rotatable bonds is 5. The number of carbonyl (C=O) groups excluding carboxylic acids is 1. The van der Waals surface area contributed by atoms with Gasteiger partial charge in [0.25, 0.3) is 0 Å². The molecule has 0 spiro atoms. The summed E-state index contributed by atoms with van der Waals surface area (Å²) in [6.07, 6.45) is -2.51. The first-order valence-corrected chi connectivity index (χ1v) is 9.11. The molecule has 3 aromatic rings. The van der Waals surface area contributed by atoms with Gasteiger partial charge in [-0.05, 0) is 35.9 Å². The fourth-order valence-corrected chi connectivity index (χ4v) is 3.23. The fourth-order valence-electron chi connectivity index (χ4n) is 2.92. The van der Waals surface area contributed by atoms with E-state index in [0.717, 1.165) is 6.07 Å². The van der Waals surface area contributed by atoms with Crippen LogP contribution < -0.4 is 5.56 Å². The highest BCUT2D eigenvalue weighted by atomic mass is 35.5. The summed E-state index contributed by atoms with van der Waals surface area (Å²) in [4.78, 5) is 30.2. The van der Waals surface area contributed by atoms with E-state index < -0.39 is 29.0 Å². The largest absolute Gasteiger partial charge is 0.418 e. The minimum absolute atomic E-state index is 0.148. The van der Waals surface area contributed by atoms with Gasteiger partial charge in [-0.2, -0.15) is 13.2 Å². The molecule has 2 heterocycles. The summed E-state index contributed by atoms with van der Waals surface area (Å²) in [5, 5.41) is 0.383. The van der Waals surface area contributed by atoms with Crippen LogP contribution in [-0.4, -0.2) is 15.8 Å². The molecule has 1 aromatic carbocycles. The van der Waals surface area contributed by atoms with E-state index in [1.807, 2.05) is 0 Å². The number of ketones is 1. The Kier molecular flexibility index (Phi) is 6.10. The number of aromatic amines is 1. The average Bonchev–Trinajstić information content (AvgIpc) is 2.68. The molecule has 3 rings (SSSR count). The van der Waals surface area contributed by atoms with Crippen LogP contribution in [-0.2, 0) is 6.18 Å². The number of alkyl halides is 3. The van der Waals surface area contributed by atoms with Crippen LogP contribution in [0.4, 0.5) is 13.2 Å². The van der Waals surface area contributed by atoms with E-state index in [0.29, 0.717) is 5.56 Å². The molecule has 29 heavy (non-hydrogen) atoms. The van der Waals surface area contributed by atoms with Crippen molar-refractivity contribution in [3.05, 3.63) is 97.6 Å². The van der Waals surface area contributed by atoms with Gasteiger partial charge >= 0.3 is 6.18 Å². The molecule has 0 bridgehead atoms. The van der Waals surface area contributed by atoms with Crippen molar-refractivity contribution >= 4 is 29.0 Å². The predicted molar refractivity (Wildman–Crippen MR) is 104 cm³/mol. The van der Waals surface area contributed by atoms with E-state index in [1.165, 1.54) is 48.8 Å². The summed E-state index contributed by atoms with van der Waals surface area (Å²) in [6.45, 7) is 0. The van der Waals surface area contributed by atoms with Gasteiger partial charge in [-0.25, -0.2) is 0 Å². The van der Waals surface area contributed by atoms with Gasteiger partial charge in [-0.15, -0.1) is 0 Å². The molecule has 1 N–H and O–H groups in total. The van der Waals surface area contributed by atoms with Crippen LogP contribution in [0.2, 0.25) is 10.0 Å². The summed E-state index contributed by atoms with van der Waals surface area (Å²) >= 11 is 12.0. The molecule has 9 heteroatoms. The smallest absolute Gasteiger partial charge is 0.328 e. The third-order valence-electron chi connectivity index (χ3n) is 4.32. The number of aromatic nitrogens is 2. The number of H-pyrrole nitrogens is 1. The quantitative estimate of drug-likeness (QED) is 0.532. The maximum Gasteiger partial charge on any atom is 0.418 e. The maximum atomic E-state index is 13.6. The monoisotopic (exact) mass is 440 g/mol. The van der Waals surface area contributed by atoms with Crippen LogP contribution >= 0.6 is 23.2 Å². The minimum atomic E-state index is -4.65. The third kappa shape index (κ3) is 4.86. The van der Waals surface area contributed by atoms with E-state index in [1.54, 1.807) is 0 Å². The van der Waals surface area contributed by atoms with Crippen LogP contribution in [0.25, 0.3) is 0 Å². The van der Waals surface area contributed by atoms with Gasteiger partial charge in [0.05, 0.1) is 21.3 Å². The Morgan fingerprint density at radius 2 is 1.86 bits per heavy atom. The lowest BCUT2D eigenvalue weighted by Gasteiger charge is -2.21. The zero-order chi connectivity index (χ0) is 21.2. The minimum Gasteiger partial charge on any atom is -0.328 e. The molecule has 0 unspecified atom stereocenters. The van der Waals surface area contributed by atoms with Gasteiger partial charge in [0.15, 0.2) is 5.78 Å². The molecule has 0 radical (unpaired) electrons. The van der Waals surface area contributed by atoms with Gasteiger partial charge in [-0.3, -0.25) is 14.6 Å². The van der Waals surface area contributed by atoms with Crippen LogP contribution in [0, 0.1) is 0 Å². The summed E-state index contributed by atoms with van der Waals surface area (Å²) in [7, 11) is 0. The zero-order valence-corrected chi connectivity index (χ0v) is 16.1. The number of hydrogen-bond acceptors (Lipinski definition) is 3. The zero-order valence-electron chi connectivity index (χ0n) is 14.6. The summed E-state index contributed by atoms with van der Waals surface area (Å²) in [5.74, 6) is -1.49. The first-order chi connectivity index (χ1) is 13.7. The van der Waals surface area contributed by atoms with Crippen LogP contribution in [0.3, 0.4) is 0 Å². The van der Waals surface area contributed by atoms with E-state index in [-0.39, 0.29) is 27.7 Å². The number of benzene rings is 1. The topological polar surface area (TPSA) is 62.8 Å². The second-order valence-corrected chi connectivity index (χ2v) is 7.04. The second kappa shape index (κ2) is 8.39. The molecule has 0 fully saturated rings. The number of pyridine rings is 2. The van der Waals surface area contributed by atoms with Crippen molar-refractivity contribution < 1.29 is 18.0 Å². The molecule has 0 saturated carbocycles. The average molecular weight is 441 g/mol. The van der Waals surface area contributed by atoms with Crippen molar-refractivity contribution in [3.8, 4) is 0 Å². The van der Waals surface area contributed by atoms with Gasteiger partial charge in [0.2, 0.25) is 5.56 Å². The lowest BCUT2D eigenvalue weighted by molar-refractivity contribution is -0.138. The molecular formula is C20H13Cl2F3N2O2. The Balaban J connectivity index is 2.10. The molecule has 4 nitrogen and oxygen atoms in total. The Morgan fingerprint density at radius 3 is 2.48 bits per heavy atom. The normalized spacial score (nSPS) is 12.6. The van der Waals surface area contributed by atoms with Gasteiger partial charge in [0, 0.05) is 36.4 Å². The summed E-state index contributed by atoms with van der Waals surface area (Å²) in [6, 6.07) is 8.96. The van der Waals surface area contributed by atoms with Crippen molar-refractivity contribution in [2.75, 3.05) is 0 Å². The molecule has 0 aliphatic carbocycles. The molecule has 0 aliphatic heterocycles.